The van der Waals surface area contributed by atoms with Gasteiger partial charge in [0.1, 0.15) is 5.75 Å². The second kappa shape index (κ2) is 9.67. The number of aromatic nitrogens is 2. The summed E-state index contributed by atoms with van der Waals surface area (Å²) in [5.41, 5.74) is 1.98. The molecule has 9 nitrogen and oxygen atoms in total. The Morgan fingerprint density at radius 3 is 2.23 bits per heavy atom. The second-order valence-electron chi connectivity index (χ2n) is 7.43. The Morgan fingerprint density at radius 1 is 0.968 bits per heavy atom. The highest BCUT2D eigenvalue weighted by molar-refractivity contribution is 5.55. The summed E-state index contributed by atoms with van der Waals surface area (Å²) in [4.78, 5) is 15.1. The number of nitrogens with zero attached hydrogens (tertiary/aromatic N) is 5. The van der Waals surface area contributed by atoms with Crippen molar-refractivity contribution in [3.8, 4) is 17.2 Å². The van der Waals surface area contributed by atoms with Gasteiger partial charge in [-0.1, -0.05) is 12.1 Å². The molecule has 0 spiro atoms. The summed E-state index contributed by atoms with van der Waals surface area (Å²) < 4.78 is 11.3. The fourth-order valence-electron chi connectivity index (χ4n) is 3.57. The van der Waals surface area contributed by atoms with Crippen molar-refractivity contribution in [2.45, 2.75) is 20.0 Å². The van der Waals surface area contributed by atoms with E-state index in [-0.39, 0.29) is 5.69 Å². The van der Waals surface area contributed by atoms with Crippen molar-refractivity contribution in [2.75, 3.05) is 32.8 Å². The second-order valence-corrected chi connectivity index (χ2v) is 7.43. The number of piperazine rings is 1. The highest BCUT2D eigenvalue weighted by atomic mass is 16.6. The molecule has 9 heteroatoms. The molecule has 0 amide bonds. The minimum absolute atomic E-state index is 0.0339. The van der Waals surface area contributed by atoms with Gasteiger partial charge in [-0.3, -0.25) is 19.9 Å². The van der Waals surface area contributed by atoms with Crippen molar-refractivity contribution in [3.63, 3.8) is 0 Å². The monoisotopic (exact) mass is 423 g/mol. The topological polar surface area (TPSA) is 97.8 Å². The number of hydrogen-bond acceptors (Lipinski definition) is 8. The molecular weight excluding hydrogens is 398 g/mol. The molecule has 1 fully saturated rings. The zero-order valence-electron chi connectivity index (χ0n) is 17.4. The lowest BCUT2D eigenvalue weighted by Gasteiger charge is -2.33. The summed E-state index contributed by atoms with van der Waals surface area (Å²) in [6, 6.07) is 14.4. The molecule has 2 aromatic carbocycles. The van der Waals surface area contributed by atoms with Crippen molar-refractivity contribution in [1.82, 2.24) is 20.0 Å². The van der Waals surface area contributed by atoms with Crippen molar-refractivity contribution in [3.05, 3.63) is 70.1 Å². The normalized spacial score (nSPS) is 15.1. The molecule has 2 heterocycles. The van der Waals surface area contributed by atoms with Crippen LogP contribution in [-0.4, -0.2) is 57.7 Å². The number of ether oxygens (including phenoxy) is 1. The van der Waals surface area contributed by atoms with Gasteiger partial charge in [0.25, 0.3) is 5.69 Å². The average Bonchev–Trinajstić information content (AvgIpc) is 3.25. The maximum Gasteiger partial charge on any atom is 0.269 e. The SMILES string of the molecule is CCOc1ccc(CN2CCN(Cc3nnc(-c4ccc([N+](=O)[O-])cc4)o3)CC2)cc1. The summed E-state index contributed by atoms with van der Waals surface area (Å²) in [7, 11) is 0. The van der Waals surface area contributed by atoms with E-state index in [1.54, 1.807) is 12.1 Å². The van der Waals surface area contributed by atoms with Gasteiger partial charge in [0.15, 0.2) is 0 Å². The molecule has 1 aliphatic heterocycles. The molecule has 0 aliphatic carbocycles. The molecule has 1 saturated heterocycles. The van der Waals surface area contributed by atoms with Crippen LogP contribution >= 0.6 is 0 Å². The van der Waals surface area contributed by atoms with Crippen LogP contribution in [0.25, 0.3) is 11.5 Å². The van der Waals surface area contributed by atoms with Gasteiger partial charge >= 0.3 is 0 Å². The van der Waals surface area contributed by atoms with E-state index in [0.29, 0.717) is 30.5 Å². The summed E-state index contributed by atoms with van der Waals surface area (Å²) in [5.74, 6) is 1.83. The van der Waals surface area contributed by atoms with E-state index in [0.717, 1.165) is 38.5 Å². The number of benzene rings is 2. The summed E-state index contributed by atoms with van der Waals surface area (Å²) in [5, 5.41) is 19.0. The first-order chi connectivity index (χ1) is 15.1. The van der Waals surface area contributed by atoms with Crippen LogP contribution < -0.4 is 4.74 Å². The van der Waals surface area contributed by atoms with Gasteiger partial charge in [-0.25, -0.2) is 0 Å². The van der Waals surface area contributed by atoms with Crippen LogP contribution in [0.2, 0.25) is 0 Å². The van der Waals surface area contributed by atoms with Crippen molar-refractivity contribution in [1.29, 1.82) is 0 Å². The number of hydrogen-bond donors (Lipinski definition) is 0. The third kappa shape index (κ3) is 5.44. The van der Waals surface area contributed by atoms with Gasteiger partial charge < -0.3 is 9.15 Å². The largest absolute Gasteiger partial charge is 0.494 e. The highest BCUT2D eigenvalue weighted by Crippen LogP contribution is 2.22. The molecular formula is C22H25N5O4. The molecule has 0 bridgehead atoms. The third-order valence-corrected chi connectivity index (χ3v) is 5.26. The van der Waals surface area contributed by atoms with Gasteiger partial charge in [0.05, 0.1) is 18.1 Å². The van der Waals surface area contributed by atoms with Crippen LogP contribution in [0.3, 0.4) is 0 Å². The minimum atomic E-state index is -0.432. The molecule has 1 aliphatic rings. The van der Waals surface area contributed by atoms with Crippen molar-refractivity contribution in [2.24, 2.45) is 0 Å². The van der Waals surface area contributed by atoms with E-state index in [1.165, 1.54) is 17.7 Å². The number of rotatable bonds is 8. The van der Waals surface area contributed by atoms with Crippen LogP contribution in [-0.2, 0) is 13.1 Å². The van der Waals surface area contributed by atoms with E-state index in [9.17, 15) is 10.1 Å². The molecule has 0 saturated carbocycles. The molecule has 0 N–H and O–H groups in total. The lowest BCUT2D eigenvalue weighted by atomic mass is 10.2. The van der Waals surface area contributed by atoms with E-state index in [4.69, 9.17) is 9.15 Å². The Morgan fingerprint density at radius 2 is 1.61 bits per heavy atom. The minimum Gasteiger partial charge on any atom is -0.494 e. The molecule has 31 heavy (non-hydrogen) atoms. The van der Waals surface area contributed by atoms with E-state index in [2.05, 4.69) is 32.1 Å². The van der Waals surface area contributed by atoms with Crippen LogP contribution in [0.1, 0.15) is 18.4 Å². The Hall–Kier alpha value is -3.30. The fraction of sp³-hybridized carbons (Fsp3) is 0.364. The fourth-order valence-corrected chi connectivity index (χ4v) is 3.57. The van der Waals surface area contributed by atoms with Crippen molar-refractivity contribution < 1.29 is 14.1 Å². The Balaban J connectivity index is 1.27. The first-order valence-electron chi connectivity index (χ1n) is 10.3. The van der Waals surface area contributed by atoms with Gasteiger partial charge in [-0.2, -0.15) is 0 Å². The maximum atomic E-state index is 10.8. The van der Waals surface area contributed by atoms with Crippen LogP contribution in [0.5, 0.6) is 5.75 Å². The summed E-state index contributed by atoms with van der Waals surface area (Å²) in [6.07, 6.45) is 0. The molecule has 1 aromatic heterocycles. The quantitative estimate of drug-likeness (QED) is 0.402. The Bertz CT molecular complexity index is 996. The van der Waals surface area contributed by atoms with E-state index >= 15 is 0 Å². The molecule has 162 valence electrons. The van der Waals surface area contributed by atoms with Gasteiger partial charge in [0, 0.05) is 50.4 Å². The first kappa shape index (κ1) is 21.0. The first-order valence-corrected chi connectivity index (χ1v) is 10.3. The lowest BCUT2D eigenvalue weighted by Crippen LogP contribution is -2.45. The molecule has 4 rings (SSSR count). The Labute approximate surface area is 180 Å². The molecule has 0 unspecified atom stereocenters. The van der Waals surface area contributed by atoms with Crippen LogP contribution in [0.15, 0.2) is 52.9 Å². The maximum absolute atomic E-state index is 10.8. The average molecular weight is 423 g/mol. The van der Waals surface area contributed by atoms with E-state index < -0.39 is 4.92 Å². The highest BCUT2D eigenvalue weighted by Gasteiger charge is 2.20. The predicted molar refractivity (Wildman–Crippen MR) is 115 cm³/mol. The van der Waals surface area contributed by atoms with Gasteiger partial charge in [0.2, 0.25) is 11.8 Å². The van der Waals surface area contributed by atoms with E-state index in [1.807, 2.05) is 19.1 Å². The van der Waals surface area contributed by atoms with Gasteiger partial charge in [-0.15, -0.1) is 10.2 Å². The number of nitro benzene ring substituents is 1. The summed E-state index contributed by atoms with van der Waals surface area (Å²) >= 11 is 0. The lowest BCUT2D eigenvalue weighted by molar-refractivity contribution is -0.384. The zero-order valence-corrected chi connectivity index (χ0v) is 17.4. The zero-order chi connectivity index (χ0) is 21.6. The third-order valence-electron chi connectivity index (χ3n) is 5.26. The van der Waals surface area contributed by atoms with Gasteiger partial charge in [-0.05, 0) is 36.8 Å². The molecule has 0 atom stereocenters. The van der Waals surface area contributed by atoms with Crippen LogP contribution in [0.4, 0.5) is 5.69 Å². The van der Waals surface area contributed by atoms with Crippen molar-refractivity contribution >= 4 is 5.69 Å². The predicted octanol–water partition coefficient (Wildman–Crippen LogP) is 3.36. The smallest absolute Gasteiger partial charge is 0.269 e. The Kier molecular flexibility index (Phi) is 6.54. The standard InChI is InChI=1S/C22H25N5O4/c1-2-30-20-9-3-17(4-10-20)15-25-11-13-26(14-12-25)16-21-23-24-22(31-21)18-5-7-19(8-6-18)27(28)29/h3-10H,2,11-16H2,1H3. The summed E-state index contributed by atoms with van der Waals surface area (Å²) in [6.45, 7) is 7.96. The van der Waals surface area contributed by atoms with Crippen LogP contribution in [0, 0.1) is 10.1 Å². The number of nitro groups is 1. The molecule has 0 radical (unpaired) electrons. The molecule has 3 aromatic rings. The number of non-ortho nitro benzene ring substituents is 1.